The molecule has 0 aromatic carbocycles. The maximum absolute atomic E-state index is 11.8. The van der Waals surface area contributed by atoms with Crippen molar-refractivity contribution in [2.45, 2.75) is 38.2 Å². The van der Waals surface area contributed by atoms with Crippen molar-refractivity contribution in [3.05, 3.63) is 11.8 Å². The number of carbonyl (C=O) groups is 1. The number of hydrogen-bond donors (Lipinski definition) is 1. The molecule has 3 rings (SSSR count). The Hall–Kier alpha value is -1.93. The molecule has 1 aromatic heterocycles. The fourth-order valence-electron chi connectivity index (χ4n) is 3.40. The van der Waals surface area contributed by atoms with E-state index in [1.54, 1.807) is 27.2 Å². The maximum atomic E-state index is 11.8. The number of carboxylic acids is 1. The molecule has 0 unspecified atom stereocenters. The van der Waals surface area contributed by atoms with Crippen LogP contribution in [-0.4, -0.2) is 73.7 Å². The first kappa shape index (κ1) is 18.8. The van der Waals surface area contributed by atoms with Gasteiger partial charge in [-0.05, 0) is 26.7 Å². The van der Waals surface area contributed by atoms with Crippen molar-refractivity contribution in [1.29, 1.82) is 0 Å². The number of hydrogen-bond acceptors (Lipinski definition) is 7. The van der Waals surface area contributed by atoms with Gasteiger partial charge in [0.15, 0.2) is 0 Å². The summed E-state index contributed by atoms with van der Waals surface area (Å²) in [5.41, 5.74) is -0.431. The van der Waals surface area contributed by atoms with Crippen molar-refractivity contribution >= 4 is 17.7 Å². The molecular formula is C18H28N4O4. The van der Waals surface area contributed by atoms with Crippen LogP contribution in [0.1, 0.15) is 32.3 Å². The highest BCUT2D eigenvalue weighted by molar-refractivity contribution is 5.82. The molecule has 1 aromatic rings. The molecule has 2 aliphatic rings. The summed E-state index contributed by atoms with van der Waals surface area (Å²) in [5, 5.41) is 9.68. The van der Waals surface area contributed by atoms with Gasteiger partial charge in [-0.1, -0.05) is 0 Å². The van der Waals surface area contributed by atoms with Gasteiger partial charge in [-0.25, -0.2) is 4.98 Å². The van der Waals surface area contributed by atoms with Crippen LogP contribution < -0.4 is 9.80 Å². The predicted octanol–water partition coefficient (Wildman–Crippen LogP) is 1.29. The van der Waals surface area contributed by atoms with Crippen molar-refractivity contribution in [3.63, 3.8) is 0 Å². The Morgan fingerprint density at radius 3 is 2.69 bits per heavy atom. The van der Waals surface area contributed by atoms with Gasteiger partial charge in [0.05, 0.1) is 24.7 Å². The fourth-order valence-corrected chi connectivity index (χ4v) is 3.40. The largest absolute Gasteiger partial charge is 0.481 e. The molecular weight excluding hydrogens is 336 g/mol. The molecule has 0 aliphatic carbocycles. The number of aliphatic carboxylic acids is 1. The van der Waals surface area contributed by atoms with Gasteiger partial charge in [0, 0.05) is 45.0 Å². The third kappa shape index (κ3) is 3.76. The van der Waals surface area contributed by atoms with Crippen LogP contribution in [0.3, 0.4) is 0 Å². The van der Waals surface area contributed by atoms with Gasteiger partial charge in [-0.3, -0.25) is 4.79 Å². The standard InChI is InChI=1S/C18H28N4O4/c1-18(2,16(23)24)14-11-19-17(22-6-4-5-13(12-22)25-3)20-15(14)21-7-9-26-10-8-21/h11,13H,4-10,12H2,1-3H3,(H,23,24)/t13-/m1/s1. The van der Waals surface area contributed by atoms with E-state index in [9.17, 15) is 9.90 Å². The van der Waals surface area contributed by atoms with Crippen molar-refractivity contribution in [2.75, 3.05) is 56.3 Å². The van der Waals surface area contributed by atoms with Crippen LogP contribution >= 0.6 is 0 Å². The zero-order valence-electron chi connectivity index (χ0n) is 15.8. The lowest BCUT2D eigenvalue weighted by atomic mass is 9.85. The van der Waals surface area contributed by atoms with Crippen LogP contribution in [0.5, 0.6) is 0 Å². The van der Waals surface area contributed by atoms with Crippen LogP contribution in [0.15, 0.2) is 6.20 Å². The summed E-state index contributed by atoms with van der Waals surface area (Å²) in [5.74, 6) is 0.448. The molecule has 0 saturated carbocycles. The Bertz CT molecular complexity index is 646. The third-order valence-electron chi connectivity index (χ3n) is 5.27. The van der Waals surface area contributed by atoms with Gasteiger partial charge >= 0.3 is 5.97 Å². The third-order valence-corrected chi connectivity index (χ3v) is 5.27. The van der Waals surface area contributed by atoms with E-state index in [4.69, 9.17) is 14.5 Å². The summed E-state index contributed by atoms with van der Waals surface area (Å²) in [6, 6.07) is 0. The quantitative estimate of drug-likeness (QED) is 0.836. The van der Waals surface area contributed by atoms with E-state index in [0.29, 0.717) is 43.6 Å². The monoisotopic (exact) mass is 364 g/mol. The van der Waals surface area contributed by atoms with E-state index >= 15 is 0 Å². The molecule has 26 heavy (non-hydrogen) atoms. The molecule has 8 heteroatoms. The Balaban J connectivity index is 1.97. The molecule has 0 radical (unpaired) electrons. The summed E-state index contributed by atoms with van der Waals surface area (Å²) in [6.07, 6.45) is 3.91. The first-order valence-electron chi connectivity index (χ1n) is 9.15. The molecule has 8 nitrogen and oxygen atoms in total. The zero-order valence-corrected chi connectivity index (χ0v) is 15.8. The Morgan fingerprint density at radius 2 is 2.04 bits per heavy atom. The SMILES string of the molecule is CO[C@@H]1CCCN(c2ncc(C(C)(C)C(=O)O)c(N3CCOCC3)n2)C1. The number of nitrogens with zero attached hydrogens (tertiary/aromatic N) is 4. The Morgan fingerprint density at radius 1 is 1.31 bits per heavy atom. The number of ether oxygens (including phenoxy) is 2. The van der Waals surface area contributed by atoms with E-state index in [0.717, 1.165) is 25.9 Å². The highest BCUT2D eigenvalue weighted by Gasteiger charge is 2.35. The average molecular weight is 364 g/mol. The first-order chi connectivity index (χ1) is 12.4. The van der Waals surface area contributed by atoms with Gasteiger partial charge in [0.2, 0.25) is 5.95 Å². The van der Waals surface area contributed by atoms with Crippen LogP contribution in [0.25, 0.3) is 0 Å². The number of piperidine rings is 1. The van der Waals surface area contributed by atoms with E-state index in [1.807, 2.05) is 0 Å². The van der Waals surface area contributed by atoms with Crippen LogP contribution in [-0.2, 0) is 19.7 Å². The van der Waals surface area contributed by atoms with E-state index in [2.05, 4.69) is 14.8 Å². The lowest BCUT2D eigenvalue weighted by Crippen LogP contribution is -2.42. The number of aromatic nitrogens is 2. The number of methoxy groups -OCH3 is 1. The summed E-state index contributed by atoms with van der Waals surface area (Å²) in [7, 11) is 1.73. The van der Waals surface area contributed by atoms with Gasteiger partial charge in [-0.15, -0.1) is 0 Å². The highest BCUT2D eigenvalue weighted by Crippen LogP contribution is 2.33. The number of anilines is 2. The zero-order chi connectivity index (χ0) is 18.7. The Kier molecular flexibility index (Phi) is 5.62. The topological polar surface area (TPSA) is 88.0 Å². The minimum atomic E-state index is -1.07. The summed E-state index contributed by atoms with van der Waals surface area (Å²) in [4.78, 5) is 25.3. The van der Waals surface area contributed by atoms with Gasteiger partial charge in [-0.2, -0.15) is 4.98 Å². The van der Waals surface area contributed by atoms with Crippen molar-refractivity contribution in [3.8, 4) is 0 Å². The minimum Gasteiger partial charge on any atom is -0.481 e. The minimum absolute atomic E-state index is 0.175. The second-order valence-corrected chi connectivity index (χ2v) is 7.38. The second kappa shape index (κ2) is 7.75. The van der Waals surface area contributed by atoms with Gasteiger partial charge in [0.25, 0.3) is 0 Å². The normalized spacial score (nSPS) is 21.7. The van der Waals surface area contributed by atoms with Crippen LogP contribution in [0.2, 0.25) is 0 Å². The van der Waals surface area contributed by atoms with Crippen LogP contribution in [0.4, 0.5) is 11.8 Å². The lowest BCUT2D eigenvalue weighted by Gasteiger charge is -2.35. The molecule has 144 valence electrons. The number of morpholine rings is 1. The Labute approximate surface area is 154 Å². The second-order valence-electron chi connectivity index (χ2n) is 7.38. The molecule has 0 spiro atoms. The molecule has 1 N–H and O–H groups in total. The molecule has 2 aliphatic heterocycles. The van der Waals surface area contributed by atoms with Gasteiger partial charge in [0.1, 0.15) is 5.82 Å². The average Bonchev–Trinajstić information content (AvgIpc) is 2.68. The highest BCUT2D eigenvalue weighted by atomic mass is 16.5. The fraction of sp³-hybridized carbons (Fsp3) is 0.722. The number of carboxylic acid groups (broad SMARTS) is 1. The summed E-state index contributed by atoms with van der Waals surface area (Å²) < 4.78 is 10.9. The van der Waals surface area contributed by atoms with Crippen molar-refractivity contribution in [2.24, 2.45) is 0 Å². The summed E-state index contributed by atoms with van der Waals surface area (Å²) >= 11 is 0. The molecule has 3 heterocycles. The van der Waals surface area contributed by atoms with Crippen molar-refractivity contribution in [1.82, 2.24) is 9.97 Å². The van der Waals surface area contributed by atoms with E-state index in [-0.39, 0.29) is 6.10 Å². The van der Waals surface area contributed by atoms with Crippen molar-refractivity contribution < 1.29 is 19.4 Å². The summed E-state index contributed by atoms with van der Waals surface area (Å²) in [6.45, 7) is 7.63. The smallest absolute Gasteiger partial charge is 0.313 e. The number of rotatable bonds is 5. The van der Waals surface area contributed by atoms with Gasteiger partial charge < -0.3 is 24.4 Å². The molecule has 0 amide bonds. The maximum Gasteiger partial charge on any atom is 0.313 e. The van der Waals surface area contributed by atoms with Crippen LogP contribution in [0, 0.1) is 0 Å². The molecule has 1 atom stereocenters. The molecule has 2 saturated heterocycles. The first-order valence-corrected chi connectivity index (χ1v) is 9.15. The predicted molar refractivity (Wildman–Crippen MR) is 98.0 cm³/mol. The lowest BCUT2D eigenvalue weighted by molar-refractivity contribution is -0.142. The van der Waals surface area contributed by atoms with E-state index < -0.39 is 11.4 Å². The van der Waals surface area contributed by atoms with E-state index in [1.165, 1.54) is 0 Å². The molecule has 2 fully saturated rings. The molecule has 0 bridgehead atoms.